The van der Waals surface area contributed by atoms with Crippen molar-refractivity contribution in [2.24, 2.45) is 0 Å². The molecular formula is C20H24N4O6S. The number of amides is 2. The summed E-state index contributed by atoms with van der Waals surface area (Å²) in [5.41, 5.74) is 0.123. The molecule has 0 radical (unpaired) electrons. The molecule has 0 saturated carbocycles. The SMILES string of the molecule is COCCCCNC(=O)c1cccc([C@H]2N(c3ncccc3OC)C(=O)CS2(=O)=O)n1. The molecule has 3 heterocycles. The van der Waals surface area contributed by atoms with Crippen molar-refractivity contribution in [2.75, 3.05) is 38.0 Å². The average molecular weight is 449 g/mol. The lowest BCUT2D eigenvalue weighted by Gasteiger charge is -2.23. The topological polar surface area (TPSA) is 128 Å². The minimum Gasteiger partial charge on any atom is -0.493 e. The van der Waals surface area contributed by atoms with Gasteiger partial charge in [0.25, 0.3) is 5.91 Å². The first-order chi connectivity index (χ1) is 14.9. The fraction of sp³-hybridized carbons (Fsp3) is 0.400. The summed E-state index contributed by atoms with van der Waals surface area (Å²) < 4.78 is 35.9. The first kappa shape index (κ1) is 22.6. The monoisotopic (exact) mass is 448 g/mol. The summed E-state index contributed by atoms with van der Waals surface area (Å²) in [6.45, 7) is 1.04. The van der Waals surface area contributed by atoms with Crippen LogP contribution in [0.4, 0.5) is 5.82 Å². The molecule has 1 atom stereocenters. The highest BCUT2D eigenvalue weighted by Crippen LogP contribution is 2.39. The number of methoxy groups -OCH3 is 2. The minimum absolute atomic E-state index is 0.0607. The molecule has 1 fully saturated rings. The second kappa shape index (κ2) is 9.84. The lowest BCUT2D eigenvalue weighted by atomic mass is 10.2. The summed E-state index contributed by atoms with van der Waals surface area (Å²) in [6.07, 6.45) is 2.97. The van der Waals surface area contributed by atoms with E-state index in [1.165, 1.54) is 31.5 Å². The Balaban J connectivity index is 1.90. The van der Waals surface area contributed by atoms with Crippen LogP contribution >= 0.6 is 0 Å². The lowest BCUT2D eigenvalue weighted by molar-refractivity contribution is -0.115. The fourth-order valence-electron chi connectivity index (χ4n) is 3.26. The number of nitrogens with one attached hydrogen (secondary N) is 1. The van der Waals surface area contributed by atoms with Crippen LogP contribution in [-0.2, 0) is 19.4 Å². The van der Waals surface area contributed by atoms with Gasteiger partial charge < -0.3 is 14.8 Å². The van der Waals surface area contributed by atoms with Crippen LogP contribution in [-0.4, -0.2) is 63.3 Å². The maximum Gasteiger partial charge on any atom is 0.269 e. The number of aromatic nitrogens is 2. The van der Waals surface area contributed by atoms with Crippen LogP contribution in [0.25, 0.3) is 0 Å². The number of hydrogen-bond acceptors (Lipinski definition) is 8. The van der Waals surface area contributed by atoms with Crippen LogP contribution in [0.3, 0.4) is 0 Å². The molecule has 0 bridgehead atoms. The molecule has 3 rings (SSSR count). The molecule has 11 heteroatoms. The first-order valence-electron chi connectivity index (χ1n) is 9.65. The largest absolute Gasteiger partial charge is 0.493 e. The molecule has 2 amide bonds. The van der Waals surface area contributed by atoms with Gasteiger partial charge in [-0.3, -0.25) is 14.5 Å². The van der Waals surface area contributed by atoms with Gasteiger partial charge in [0.15, 0.2) is 26.8 Å². The van der Waals surface area contributed by atoms with E-state index in [9.17, 15) is 18.0 Å². The molecule has 1 N–H and O–H groups in total. The second-order valence-corrected chi connectivity index (χ2v) is 8.92. The Kier molecular flexibility index (Phi) is 7.18. The van der Waals surface area contributed by atoms with Gasteiger partial charge in [-0.05, 0) is 37.1 Å². The van der Waals surface area contributed by atoms with Crippen molar-refractivity contribution in [3.8, 4) is 5.75 Å². The van der Waals surface area contributed by atoms with Crippen molar-refractivity contribution in [2.45, 2.75) is 18.2 Å². The van der Waals surface area contributed by atoms with Gasteiger partial charge in [0.2, 0.25) is 5.91 Å². The zero-order chi connectivity index (χ0) is 22.4. The van der Waals surface area contributed by atoms with E-state index < -0.39 is 32.8 Å². The zero-order valence-corrected chi connectivity index (χ0v) is 18.1. The number of carbonyl (C=O) groups excluding carboxylic acids is 2. The average Bonchev–Trinajstić information content (AvgIpc) is 3.01. The molecule has 1 aliphatic rings. The van der Waals surface area contributed by atoms with Crippen molar-refractivity contribution in [3.05, 3.63) is 47.9 Å². The summed E-state index contributed by atoms with van der Waals surface area (Å²) in [7, 11) is -0.895. The van der Waals surface area contributed by atoms with Crippen LogP contribution in [0.2, 0.25) is 0 Å². The van der Waals surface area contributed by atoms with Gasteiger partial charge in [0.05, 0.1) is 12.8 Å². The summed E-state index contributed by atoms with van der Waals surface area (Å²) in [5, 5.41) is 1.34. The molecule has 10 nitrogen and oxygen atoms in total. The van der Waals surface area contributed by atoms with Gasteiger partial charge in [-0.2, -0.15) is 0 Å². The van der Waals surface area contributed by atoms with E-state index in [1.54, 1.807) is 19.2 Å². The smallest absolute Gasteiger partial charge is 0.269 e. The number of rotatable bonds is 9. The molecule has 0 unspecified atom stereocenters. The summed E-state index contributed by atoms with van der Waals surface area (Å²) in [5.74, 6) is -1.42. The Hall–Kier alpha value is -3.05. The van der Waals surface area contributed by atoms with Crippen molar-refractivity contribution in [1.82, 2.24) is 15.3 Å². The normalized spacial score (nSPS) is 17.5. The van der Waals surface area contributed by atoms with Crippen molar-refractivity contribution in [3.63, 3.8) is 0 Å². The van der Waals surface area contributed by atoms with E-state index in [4.69, 9.17) is 9.47 Å². The molecule has 1 aliphatic heterocycles. The fourth-order valence-corrected chi connectivity index (χ4v) is 4.94. The van der Waals surface area contributed by atoms with Crippen molar-refractivity contribution < 1.29 is 27.5 Å². The van der Waals surface area contributed by atoms with Gasteiger partial charge in [0.1, 0.15) is 11.4 Å². The van der Waals surface area contributed by atoms with Gasteiger partial charge in [0, 0.05) is 26.5 Å². The van der Waals surface area contributed by atoms with Crippen LogP contribution in [0.5, 0.6) is 5.75 Å². The lowest BCUT2D eigenvalue weighted by Crippen LogP contribution is -2.31. The highest BCUT2D eigenvalue weighted by molar-refractivity contribution is 7.93. The molecule has 2 aromatic rings. The predicted octanol–water partition coefficient (Wildman–Crippen LogP) is 1.10. The number of carbonyl (C=O) groups is 2. The number of ether oxygens (including phenoxy) is 2. The van der Waals surface area contributed by atoms with Crippen molar-refractivity contribution in [1.29, 1.82) is 0 Å². The quantitative estimate of drug-likeness (QED) is 0.565. The molecule has 0 aromatic carbocycles. The van der Waals surface area contributed by atoms with Gasteiger partial charge in [-0.15, -0.1) is 0 Å². The van der Waals surface area contributed by atoms with E-state index in [1.807, 2.05) is 0 Å². The number of pyridine rings is 2. The summed E-state index contributed by atoms with van der Waals surface area (Å²) in [4.78, 5) is 34.5. The molecule has 2 aromatic heterocycles. The number of anilines is 1. The molecule has 0 aliphatic carbocycles. The van der Waals surface area contributed by atoms with Gasteiger partial charge in [-0.1, -0.05) is 6.07 Å². The summed E-state index contributed by atoms with van der Waals surface area (Å²) >= 11 is 0. The Morgan fingerprint density at radius 1 is 1.23 bits per heavy atom. The number of hydrogen-bond donors (Lipinski definition) is 1. The highest BCUT2D eigenvalue weighted by atomic mass is 32.2. The first-order valence-corrected chi connectivity index (χ1v) is 11.4. The Labute approximate surface area is 180 Å². The number of nitrogens with zero attached hydrogens (tertiary/aromatic N) is 3. The van der Waals surface area contributed by atoms with Crippen LogP contribution in [0.1, 0.15) is 34.4 Å². The Bertz CT molecular complexity index is 1060. The maximum absolute atomic E-state index is 12.8. The number of sulfone groups is 1. The molecule has 166 valence electrons. The second-order valence-electron chi connectivity index (χ2n) is 6.86. The van der Waals surface area contributed by atoms with E-state index in [-0.39, 0.29) is 23.0 Å². The highest BCUT2D eigenvalue weighted by Gasteiger charge is 2.48. The van der Waals surface area contributed by atoms with E-state index in [0.717, 1.165) is 17.7 Å². The summed E-state index contributed by atoms with van der Waals surface area (Å²) in [6, 6.07) is 7.69. The third-order valence-corrected chi connectivity index (χ3v) is 6.47. The zero-order valence-electron chi connectivity index (χ0n) is 17.3. The maximum atomic E-state index is 12.8. The van der Waals surface area contributed by atoms with E-state index >= 15 is 0 Å². The standard InChI is InChI=1S/C20H24N4O6S/c1-29-12-4-3-10-22-19(26)14-7-5-8-15(23-14)20-24(17(25)13-31(20,27)28)18-16(30-2)9-6-11-21-18/h5-9,11,20H,3-4,10,12-13H2,1-2H3,(H,22,26)/t20-/m0/s1. The number of unbranched alkanes of at least 4 members (excludes halogenated alkanes) is 1. The van der Waals surface area contributed by atoms with Crippen LogP contribution in [0, 0.1) is 0 Å². The molecule has 0 spiro atoms. The van der Waals surface area contributed by atoms with Gasteiger partial charge in [-0.25, -0.2) is 18.4 Å². The Morgan fingerprint density at radius 2 is 2.03 bits per heavy atom. The van der Waals surface area contributed by atoms with Crippen LogP contribution in [0.15, 0.2) is 36.5 Å². The van der Waals surface area contributed by atoms with Gasteiger partial charge >= 0.3 is 0 Å². The van der Waals surface area contributed by atoms with E-state index in [2.05, 4.69) is 15.3 Å². The third kappa shape index (κ3) is 5.00. The van der Waals surface area contributed by atoms with Crippen LogP contribution < -0.4 is 15.0 Å². The minimum atomic E-state index is -3.91. The molecule has 1 saturated heterocycles. The van der Waals surface area contributed by atoms with E-state index in [0.29, 0.717) is 13.2 Å². The third-order valence-electron chi connectivity index (χ3n) is 4.68. The molecular weight excluding hydrogens is 424 g/mol. The van der Waals surface area contributed by atoms with Crippen molar-refractivity contribution >= 4 is 27.5 Å². The Morgan fingerprint density at radius 3 is 2.77 bits per heavy atom. The molecule has 31 heavy (non-hydrogen) atoms. The predicted molar refractivity (Wildman–Crippen MR) is 112 cm³/mol.